The van der Waals surface area contributed by atoms with Crippen LogP contribution in [-0.2, 0) is 4.74 Å². The van der Waals surface area contributed by atoms with Gasteiger partial charge in [-0.25, -0.2) is 10.1 Å². The van der Waals surface area contributed by atoms with E-state index in [1.54, 1.807) is 6.20 Å². The van der Waals surface area contributed by atoms with E-state index < -0.39 is 0 Å². The quantitative estimate of drug-likeness (QED) is 0.683. The number of hydrogen-bond acceptors (Lipinski definition) is 6. The molecule has 1 aliphatic rings. The van der Waals surface area contributed by atoms with Crippen LogP contribution >= 0.6 is 0 Å². The number of ether oxygens (including phenoxy) is 1. The molecule has 0 radical (unpaired) electrons. The third kappa shape index (κ3) is 1.50. The van der Waals surface area contributed by atoms with Crippen molar-refractivity contribution in [3.05, 3.63) is 6.20 Å². The SMILES string of the molecule is c1nc(N2CCOCC2)nc2[nH]nnc12. The predicted octanol–water partition coefficient (Wildman–Crippen LogP) is -0.416. The highest BCUT2D eigenvalue weighted by molar-refractivity contribution is 5.68. The average molecular weight is 206 g/mol. The number of aromatic nitrogens is 5. The van der Waals surface area contributed by atoms with Crippen LogP contribution in [0, 0.1) is 0 Å². The molecule has 0 unspecified atom stereocenters. The zero-order chi connectivity index (χ0) is 10.1. The summed E-state index contributed by atoms with van der Waals surface area (Å²) in [6.45, 7) is 3.10. The van der Waals surface area contributed by atoms with E-state index in [0.29, 0.717) is 17.1 Å². The Bertz CT molecular complexity index is 463. The van der Waals surface area contributed by atoms with Crippen molar-refractivity contribution in [3.63, 3.8) is 0 Å². The summed E-state index contributed by atoms with van der Waals surface area (Å²) in [7, 11) is 0. The standard InChI is InChI=1S/C8H10N6O/c1-3-15-4-2-14(1)8-9-5-6-7(10-8)12-13-11-6/h5H,1-4H2,(H,9,10,11,12,13). The maximum Gasteiger partial charge on any atom is 0.227 e. The second kappa shape index (κ2) is 3.43. The molecule has 0 aromatic carbocycles. The molecular weight excluding hydrogens is 196 g/mol. The lowest BCUT2D eigenvalue weighted by molar-refractivity contribution is 0.122. The van der Waals surface area contributed by atoms with Crippen molar-refractivity contribution in [2.75, 3.05) is 31.2 Å². The molecule has 2 aromatic heterocycles. The van der Waals surface area contributed by atoms with Crippen LogP contribution in [0.25, 0.3) is 11.2 Å². The molecule has 3 rings (SSSR count). The first-order chi connectivity index (χ1) is 7.43. The van der Waals surface area contributed by atoms with Gasteiger partial charge in [0, 0.05) is 13.1 Å². The average Bonchev–Trinajstić information content (AvgIpc) is 2.77. The van der Waals surface area contributed by atoms with Crippen molar-refractivity contribution >= 4 is 17.1 Å². The molecule has 0 saturated carbocycles. The summed E-state index contributed by atoms with van der Waals surface area (Å²) in [4.78, 5) is 10.7. The van der Waals surface area contributed by atoms with Crippen LogP contribution in [0.2, 0.25) is 0 Å². The molecule has 78 valence electrons. The van der Waals surface area contributed by atoms with E-state index in [9.17, 15) is 0 Å². The zero-order valence-electron chi connectivity index (χ0n) is 8.05. The minimum absolute atomic E-state index is 0.673. The Morgan fingerprint density at radius 3 is 3.07 bits per heavy atom. The number of H-pyrrole nitrogens is 1. The van der Waals surface area contributed by atoms with Gasteiger partial charge in [-0.2, -0.15) is 4.98 Å². The van der Waals surface area contributed by atoms with Gasteiger partial charge in [-0.15, -0.1) is 5.10 Å². The van der Waals surface area contributed by atoms with Gasteiger partial charge in [0.1, 0.15) is 5.52 Å². The van der Waals surface area contributed by atoms with Crippen molar-refractivity contribution in [1.29, 1.82) is 0 Å². The lowest BCUT2D eigenvalue weighted by Gasteiger charge is -2.26. The number of nitrogens with zero attached hydrogens (tertiary/aromatic N) is 5. The maximum atomic E-state index is 5.26. The van der Waals surface area contributed by atoms with Crippen molar-refractivity contribution in [3.8, 4) is 0 Å². The van der Waals surface area contributed by atoms with Gasteiger partial charge in [0.25, 0.3) is 0 Å². The first-order valence-electron chi connectivity index (χ1n) is 4.80. The van der Waals surface area contributed by atoms with Crippen LogP contribution in [0.4, 0.5) is 5.95 Å². The van der Waals surface area contributed by atoms with Crippen LogP contribution in [0.3, 0.4) is 0 Å². The first-order valence-corrected chi connectivity index (χ1v) is 4.80. The van der Waals surface area contributed by atoms with E-state index in [0.717, 1.165) is 26.3 Å². The van der Waals surface area contributed by atoms with Crippen LogP contribution in [0.1, 0.15) is 0 Å². The summed E-state index contributed by atoms with van der Waals surface area (Å²) in [5, 5.41) is 10.2. The predicted molar refractivity (Wildman–Crippen MR) is 52.5 cm³/mol. The van der Waals surface area contributed by atoms with E-state index in [2.05, 4.69) is 30.3 Å². The van der Waals surface area contributed by atoms with Gasteiger partial charge in [0.2, 0.25) is 5.95 Å². The van der Waals surface area contributed by atoms with Gasteiger partial charge in [-0.05, 0) is 0 Å². The van der Waals surface area contributed by atoms with Gasteiger partial charge in [-0.3, -0.25) is 0 Å². The van der Waals surface area contributed by atoms with Crippen molar-refractivity contribution in [2.24, 2.45) is 0 Å². The topological polar surface area (TPSA) is 79.8 Å². The number of hydrogen-bond donors (Lipinski definition) is 1. The minimum atomic E-state index is 0.673. The van der Waals surface area contributed by atoms with E-state index in [1.165, 1.54) is 0 Å². The lowest BCUT2D eigenvalue weighted by atomic mass is 10.4. The van der Waals surface area contributed by atoms with Gasteiger partial charge < -0.3 is 9.64 Å². The van der Waals surface area contributed by atoms with Gasteiger partial charge in [0.05, 0.1) is 19.4 Å². The van der Waals surface area contributed by atoms with E-state index in [-0.39, 0.29) is 0 Å². The Kier molecular flexibility index (Phi) is 1.95. The summed E-state index contributed by atoms with van der Waals surface area (Å²) < 4.78 is 5.26. The zero-order valence-corrected chi connectivity index (χ0v) is 8.05. The molecule has 7 heteroatoms. The van der Waals surface area contributed by atoms with E-state index >= 15 is 0 Å². The van der Waals surface area contributed by atoms with E-state index in [1.807, 2.05) is 0 Å². The Balaban J connectivity index is 1.95. The van der Waals surface area contributed by atoms with Crippen molar-refractivity contribution in [2.45, 2.75) is 0 Å². The van der Waals surface area contributed by atoms with Crippen LogP contribution in [-0.4, -0.2) is 51.7 Å². The number of nitrogens with one attached hydrogen (secondary N) is 1. The smallest absolute Gasteiger partial charge is 0.227 e. The summed E-state index contributed by atoms with van der Waals surface area (Å²) in [6, 6.07) is 0. The number of morpholine rings is 1. The van der Waals surface area contributed by atoms with E-state index in [4.69, 9.17) is 4.74 Å². The molecule has 1 fully saturated rings. The van der Waals surface area contributed by atoms with Crippen LogP contribution in [0.5, 0.6) is 0 Å². The van der Waals surface area contributed by atoms with Gasteiger partial charge >= 0.3 is 0 Å². The number of anilines is 1. The second-order valence-electron chi connectivity index (χ2n) is 3.32. The molecule has 0 amide bonds. The highest BCUT2D eigenvalue weighted by Gasteiger charge is 2.14. The molecule has 3 heterocycles. The second-order valence-corrected chi connectivity index (χ2v) is 3.32. The number of rotatable bonds is 1. The molecule has 0 atom stereocenters. The molecule has 0 aliphatic carbocycles. The normalized spacial score (nSPS) is 17.2. The Labute approximate surface area is 85.5 Å². The van der Waals surface area contributed by atoms with Crippen LogP contribution in [0.15, 0.2) is 6.20 Å². The molecule has 0 spiro atoms. The molecule has 1 aliphatic heterocycles. The molecule has 1 N–H and O–H groups in total. The van der Waals surface area contributed by atoms with Crippen LogP contribution < -0.4 is 4.90 Å². The van der Waals surface area contributed by atoms with Gasteiger partial charge in [-0.1, -0.05) is 5.21 Å². The Hall–Kier alpha value is -1.76. The molecule has 0 bridgehead atoms. The maximum absolute atomic E-state index is 5.26. The third-order valence-electron chi connectivity index (χ3n) is 2.36. The third-order valence-corrected chi connectivity index (χ3v) is 2.36. The highest BCUT2D eigenvalue weighted by atomic mass is 16.5. The Morgan fingerprint density at radius 2 is 2.20 bits per heavy atom. The van der Waals surface area contributed by atoms with Crippen molar-refractivity contribution < 1.29 is 4.74 Å². The summed E-state index contributed by atoms with van der Waals surface area (Å²) >= 11 is 0. The van der Waals surface area contributed by atoms with Crippen molar-refractivity contribution in [1.82, 2.24) is 25.4 Å². The molecule has 2 aromatic rings. The molecule has 15 heavy (non-hydrogen) atoms. The number of fused-ring (bicyclic) bond motifs is 1. The molecule has 7 nitrogen and oxygen atoms in total. The lowest BCUT2D eigenvalue weighted by Crippen LogP contribution is -2.37. The monoisotopic (exact) mass is 206 g/mol. The first kappa shape index (κ1) is 8.54. The summed E-state index contributed by atoms with van der Waals surface area (Å²) in [5.41, 5.74) is 1.36. The van der Waals surface area contributed by atoms with Gasteiger partial charge in [0.15, 0.2) is 5.65 Å². The molecular formula is C8H10N6O. The minimum Gasteiger partial charge on any atom is -0.378 e. The summed E-state index contributed by atoms with van der Waals surface area (Å²) in [5.74, 6) is 0.705. The fourth-order valence-corrected chi connectivity index (χ4v) is 1.56. The largest absolute Gasteiger partial charge is 0.378 e. The highest BCUT2D eigenvalue weighted by Crippen LogP contribution is 2.12. The summed E-state index contributed by atoms with van der Waals surface area (Å²) in [6.07, 6.45) is 1.68. The fraction of sp³-hybridized carbons (Fsp3) is 0.500. The Morgan fingerprint density at radius 1 is 1.33 bits per heavy atom. The fourth-order valence-electron chi connectivity index (χ4n) is 1.56. The molecule has 1 saturated heterocycles. The number of aromatic amines is 1.